The van der Waals surface area contributed by atoms with E-state index in [1.54, 1.807) is 18.4 Å². The fourth-order valence-electron chi connectivity index (χ4n) is 9.64. The number of carbonyl (C=O) groups is 4. The molecule has 9 heteroatoms. The van der Waals surface area contributed by atoms with Crippen molar-refractivity contribution in [2.45, 2.75) is 91.3 Å². The zero-order valence-electron chi connectivity index (χ0n) is 23.4. The van der Waals surface area contributed by atoms with Gasteiger partial charge in [0.05, 0.1) is 12.5 Å². The number of ketones is 1. The minimum absolute atomic E-state index is 0.000171. The Morgan fingerprint density at radius 1 is 1.00 bits per heavy atom. The van der Waals surface area contributed by atoms with E-state index in [-0.39, 0.29) is 11.7 Å². The van der Waals surface area contributed by atoms with Gasteiger partial charge in [0.25, 0.3) is 0 Å². The predicted molar refractivity (Wildman–Crippen MR) is 135 cm³/mol. The summed E-state index contributed by atoms with van der Waals surface area (Å²) in [4.78, 5) is 51.7. The zero-order chi connectivity index (χ0) is 28.3. The number of esters is 3. The number of furan rings is 1. The van der Waals surface area contributed by atoms with Gasteiger partial charge in [-0.25, -0.2) is 4.79 Å². The third-order valence-electron chi connectivity index (χ3n) is 11.0. The van der Waals surface area contributed by atoms with Crippen molar-refractivity contribution in [1.82, 2.24) is 0 Å². The third kappa shape index (κ3) is 3.05. The highest BCUT2D eigenvalue weighted by atomic mass is 16.7. The molecule has 5 aliphatic rings. The maximum atomic E-state index is 13.4. The summed E-state index contributed by atoms with van der Waals surface area (Å²) < 4.78 is 30.1. The van der Waals surface area contributed by atoms with Gasteiger partial charge in [-0.2, -0.15) is 0 Å². The van der Waals surface area contributed by atoms with Crippen molar-refractivity contribution in [2.24, 2.45) is 33.5 Å². The van der Waals surface area contributed by atoms with E-state index in [0.717, 1.165) is 0 Å². The molecule has 2 saturated heterocycles. The SMILES string of the molecule is CC(=O)O[C@@H]1C[C@@]2(C)[C@H](c3ccoc3)OC(=O)[C@H]3O[C@]32[C@@]2(C)[C@H]1[C@@]1(C)C=CC(=O)C(C)(C)[C@@H]1C[C@H]2OC(C)=O. The number of hydrogen-bond donors (Lipinski definition) is 0. The van der Waals surface area contributed by atoms with Crippen LogP contribution in [-0.2, 0) is 38.1 Å². The van der Waals surface area contributed by atoms with Gasteiger partial charge in [-0.05, 0) is 36.3 Å². The lowest BCUT2D eigenvalue weighted by Gasteiger charge is -2.69. The number of epoxide rings is 1. The minimum atomic E-state index is -1.08. The first-order chi connectivity index (χ1) is 18.1. The van der Waals surface area contributed by atoms with E-state index in [9.17, 15) is 19.2 Å². The average molecular weight is 541 g/mol. The Kier molecular flexibility index (Phi) is 5.28. The molecule has 6 rings (SSSR count). The van der Waals surface area contributed by atoms with Crippen molar-refractivity contribution in [3.63, 3.8) is 0 Å². The molecule has 3 aliphatic carbocycles. The van der Waals surface area contributed by atoms with Gasteiger partial charge >= 0.3 is 17.9 Å². The van der Waals surface area contributed by atoms with Crippen molar-refractivity contribution in [3.05, 3.63) is 36.3 Å². The van der Waals surface area contributed by atoms with Crippen LogP contribution in [0.1, 0.15) is 73.0 Å². The molecule has 39 heavy (non-hydrogen) atoms. The van der Waals surface area contributed by atoms with Gasteiger partial charge in [0.2, 0.25) is 0 Å². The van der Waals surface area contributed by atoms with Crippen LogP contribution in [0.5, 0.6) is 0 Å². The molecule has 0 bridgehead atoms. The Morgan fingerprint density at radius 2 is 1.69 bits per heavy atom. The normalized spacial score (nSPS) is 47.1. The maximum Gasteiger partial charge on any atom is 0.339 e. The van der Waals surface area contributed by atoms with Gasteiger partial charge in [-0.3, -0.25) is 14.4 Å². The largest absolute Gasteiger partial charge is 0.472 e. The van der Waals surface area contributed by atoms with E-state index in [1.165, 1.54) is 20.1 Å². The highest BCUT2D eigenvalue weighted by Crippen LogP contribution is 2.80. The number of fused-ring (bicyclic) bond motifs is 3. The molecule has 0 radical (unpaired) electrons. The molecule has 0 unspecified atom stereocenters. The summed E-state index contributed by atoms with van der Waals surface area (Å²) in [6.07, 6.45) is 4.42. The molecule has 210 valence electrons. The van der Waals surface area contributed by atoms with Crippen molar-refractivity contribution in [3.8, 4) is 0 Å². The lowest BCUT2D eigenvalue weighted by atomic mass is 9.35. The number of hydrogen-bond acceptors (Lipinski definition) is 9. The van der Waals surface area contributed by atoms with Gasteiger partial charge in [-0.15, -0.1) is 0 Å². The Balaban J connectivity index is 1.62. The maximum absolute atomic E-state index is 13.4. The molecule has 1 aromatic heterocycles. The summed E-state index contributed by atoms with van der Waals surface area (Å²) >= 11 is 0. The van der Waals surface area contributed by atoms with Crippen molar-refractivity contribution in [2.75, 3.05) is 0 Å². The summed E-state index contributed by atoms with van der Waals surface area (Å²) in [5, 5.41) is 0. The van der Waals surface area contributed by atoms with Crippen LogP contribution in [0.2, 0.25) is 0 Å². The van der Waals surface area contributed by atoms with Crippen LogP contribution in [0.25, 0.3) is 0 Å². The van der Waals surface area contributed by atoms with Gasteiger partial charge in [0.15, 0.2) is 11.9 Å². The zero-order valence-corrected chi connectivity index (χ0v) is 23.4. The van der Waals surface area contributed by atoms with Crippen LogP contribution in [0.15, 0.2) is 35.2 Å². The second-order valence-corrected chi connectivity index (χ2v) is 13.3. The quantitative estimate of drug-likeness (QED) is 0.317. The lowest BCUT2D eigenvalue weighted by Crippen LogP contribution is -2.76. The summed E-state index contributed by atoms with van der Waals surface area (Å²) in [6, 6.07) is 1.76. The highest BCUT2D eigenvalue weighted by molar-refractivity contribution is 5.96. The number of cyclic esters (lactones) is 1. The molecule has 3 heterocycles. The fourth-order valence-corrected chi connectivity index (χ4v) is 9.64. The summed E-state index contributed by atoms with van der Waals surface area (Å²) in [5.41, 5.74) is -3.63. The molecular weight excluding hydrogens is 504 g/mol. The molecule has 1 aromatic rings. The number of carbonyl (C=O) groups excluding carboxylic acids is 4. The Morgan fingerprint density at radius 3 is 2.31 bits per heavy atom. The van der Waals surface area contributed by atoms with Crippen LogP contribution in [-0.4, -0.2) is 47.6 Å². The summed E-state index contributed by atoms with van der Waals surface area (Å²) in [5.74, 6) is -2.04. The monoisotopic (exact) mass is 540 g/mol. The van der Waals surface area contributed by atoms with E-state index in [4.69, 9.17) is 23.4 Å². The van der Waals surface area contributed by atoms with Gasteiger partial charge < -0.3 is 23.4 Å². The smallest absolute Gasteiger partial charge is 0.339 e. The van der Waals surface area contributed by atoms with Crippen molar-refractivity contribution in [1.29, 1.82) is 0 Å². The summed E-state index contributed by atoms with van der Waals surface area (Å²) in [7, 11) is 0. The topological polar surface area (TPSA) is 122 Å². The van der Waals surface area contributed by atoms with E-state index in [0.29, 0.717) is 18.4 Å². The molecule has 0 aromatic carbocycles. The van der Waals surface area contributed by atoms with Gasteiger partial charge in [0.1, 0.15) is 23.9 Å². The molecule has 2 saturated carbocycles. The van der Waals surface area contributed by atoms with Crippen LogP contribution in [0.3, 0.4) is 0 Å². The van der Waals surface area contributed by atoms with E-state index >= 15 is 0 Å². The third-order valence-corrected chi connectivity index (χ3v) is 11.0. The highest BCUT2D eigenvalue weighted by Gasteiger charge is 2.90. The fraction of sp³-hybridized carbons (Fsp3) is 0.667. The number of ether oxygens (including phenoxy) is 4. The van der Waals surface area contributed by atoms with Crippen molar-refractivity contribution < 1.29 is 42.5 Å². The van der Waals surface area contributed by atoms with E-state index in [2.05, 4.69) is 6.92 Å². The molecule has 4 fully saturated rings. The molecule has 2 aliphatic heterocycles. The van der Waals surface area contributed by atoms with Crippen LogP contribution >= 0.6 is 0 Å². The second kappa shape index (κ2) is 7.83. The molecule has 0 amide bonds. The van der Waals surface area contributed by atoms with E-state index in [1.807, 2.05) is 33.8 Å². The van der Waals surface area contributed by atoms with Crippen molar-refractivity contribution >= 4 is 23.7 Å². The Hall–Kier alpha value is -2.94. The van der Waals surface area contributed by atoms with Gasteiger partial charge in [0, 0.05) is 41.6 Å². The van der Waals surface area contributed by atoms with Gasteiger partial charge in [-0.1, -0.05) is 40.7 Å². The molecule has 0 N–H and O–H groups in total. The Labute approximate surface area is 227 Å². The lowest BCUT2D eigenvalue weighted by molar-refractivity contribution is -0.280. The van der Waals surface area contributed by atoms with Crippen LogP contribution in [0, 0.1) is 33.5 Å². The Bertz CT molecular complexity index is 1300. The first-order valence-corrected chi connectivity index (χ1v) is 13.6. The van der Waals surface area contributed by atoms with Crippen LogP contribution < -0.4 is 0 Å². The predicted octanol–water partition coefficient (Wildman–Crippen LogP) is 4.10. The first-order valence-electron chi connectivity index (χ1n) is 13.6. The summed E-state index contributed by atoms with van der Waals surface area (Å²) in [6.45, 7) is 12.7. The molecular formula is C30H36O9. The number of allylic oxidation sites excluding steroid dienone is 2. The second-order valence-electron chi connectivity index (χ2n) is 13.3. The average Bonchev–Trinajstić information content (AvgIpc) is 3.40. The molecule has 9 nitrogen and oxygen atoms in total. The number of rotatable bonds is 3. The van der Waals surface area contributed by atoms with Crippen LogP contribution in [0.4, 0.5) is 0 Å². The molecule has 1 spiro atoms. The standard InChI is InChI=1S/C30H36O9/c1-15(31)36-18-13-28(6)23(17-9-11-35-14-17)38-25(34)24-30(28,39-24)29(7)21(37-16(2)32)12-19-26(3,4)20(33)8-10-27(19,5)22(18)29/h8-11,14,18-19,21-24H,12-13H2,1-7H3/t18-,19+,21-,22-,23+,24-,27+,28+,29-,30-/m1/s1. The molecule has 10 atom stereocenters. The van der Waals surface area contributed by atoms with E-state index < -0.39 is 75.5 Å². The minimum Gasteiger partial charge on any atom is -0.472 e. The first kappa shape index (κ1) is 26.3.